The van der Waals surface area contributed by atoms with E-state index in [1.807, 2.05) is 0 Å². The Morgan fingerprint density at radius 3 is 2.44 bits per heavy atom. The number of nitrogens with one attached hydrogen (secondary N) is 1. The molecule has 0 saturated heterocycles. The van der Waals surface area contributed by atoms with Gasteiger partial charge in [-0.15, -0.1) is 0 Å². The molecule has 12 heteroatoms. The van der Waals surface area contributed by atoms with E-state index in [-0.39, 0.29) is 30.5 Å². The van der Waals surface area contributed by atoms with Crippen molar-refractivity contribution in [1.82, 2.24) is 20.4 Å². The highest BCUT2D eigenvalue weighted by Crippen LogP contribution is 2.25. The number of carbonyl (C=O) groups excluding carboxylic acids is 1. The summed E-state index contributed by atoms with van der Waals surface area (Å²) >= 11 is 0. The second kappa shape index (κ2) is 10.9. The number of carbonyl (C=O) groups is 1. The van der Waals surface area contributed by atoms with Crippen molar-refractivity contribution in [2.24, 2.45) is 0 Å². The number of rotatable bonds is 9. The van der Waals surface area contributed by atoms with Crippen LogP contribution in [0.4, 0.5) is 13.6 Å². The zero-order chi connectivity index (χ0) is 24.7. The third kappa shape index (κ3) is 7.66. The number of nitrogens with zero attached hydrogens (tertiary/aromatic N) is 3. The molecule has 10 nitrogen and oxygen atoms in total. The van der Waals surface area contributed by atoms with Crippen LogP contribution in [0.25, 0.3) is 11.4 Å². The molecule has 0 spiro atoms. The number of pyridine rings is 1. The highest BCUT2D eigenvalue weighted by atomic mass is 19.3. The average molecular weight is 478 g/mol. The number of ether oxygens (including phenoxy) is 3. The Kier molecular flexibility index (Phi) is 7.95. The van der Waals surface area contributed by atoms with Gasteiger partial charge in [-0.25, -0.2) is 9.78 Å². The van der Waals surface area contributed by atoms with Crippen LogP contribution in [0.3, 0.4) is 0 Å². The Hall–Kier alpha value is -3.80. The molecular formula is C22H24F2N4O6. The van der Waals surface area contributed by atoms with Crippen LogP contribution >= 0.6 is 0 Å². The first kappa shape index (κ1) is 24.8. The maximum atomic E-state index is 12.2. The lowest BCUT2D eigenvalue weighted by atomic mass is 10.2. The SMILES string of the molecule is CC(C)(C)OC(=O)N[C@H](CO)Cc1nc(-c2ccc(Oc3ccc(OC(F)F)cn3)cc2)no1. The summed E-state index contributed by atoms with van der Waals surface area (Å²) in [6.45, 7) is 1.94. The lowest BCUT2D eigenvalue weighted by Gasteiger charge is -2.22. The van der Waals surface area contributed by atoms with Crippen molar-refractivity contribution in [3.05, 3.63) is 48.5 Å². The van der Waals surface area contributed by atoms with Crippen LogP contribution in [-0.4, -0.2) is 51.2 Å². The van der Waals surface area contributed by atoms with Crippen LogP contribution in [0, 0.1) is 0 Å². The predicted molar refractivity (Wildman–Crippen MR) is 115 cm³/mol. The number of amides is 1. The van der Waals surface area contributed by atoms with Crippen molar-refractivity contribution in [1.29, 1.82) is 0 Å². The van der Waals surface area contributed by atoms with Gasteiger partial charge in [0.05, 0.1) is 18.8 Å². The minimum Gasteiger partial charge on any atom is -0.444 e. The lowest BCUT2D eigenvalue weighted by Crippen LogP contribution is -2.42. The van der Waals surface area contributed by atoms with E-state index in [1.54, 1.807) is 45.0 Å². The van der Waals surface area contributed by atoms with Crippen molar-refractivity contribution in [2.45, 2.75) is 45.4 Å². The van der Waals surface area contributed by atoms with E-state index in [0.29, 0.717) is 17.1 Å². The van der Waals surface area contributed by atoms with E-state index in [0.717, 1.165) is 6.20 Å². The summed E-state index contributed by atoms with van der Waals surface area (Å²) in [4.78, 5) is 20.1. The second-order valence-electron chi connectivity index (χ2n) is 8.08. The summed E-state index contributed by atoms with van der Waals surface area (Å²) in [5, 5.41) is 16.0. The average Bonchev–Trinajstić information content (AvgIpc) is 3.22. The molecule has 0 saturated carbocycles. The normalized spacial score (nSPS) is 12.3. The van der Waals surface area contributed by atoms with E-state index in [4.69, 9.17) is 14.0 Å². The number of hydrogen-bond donors (Lipinski definition) is 2. The Bertz CT molecular complexity index is 1070. The molecule has 0 unspecified atom stereocenters. The molecule has 3 aromatic rings. The molecule has 2 heterocycles. The molecule has 0 fully saturated rings. The first-order chi connectivity index (χ1) is 16.1. The van der Waals surface area contributed by atoms with Crippen LogP contribution in [0.2, 0.25) is 0 Å². The van der Waals surface area contributed by atoms with Gasteiger partial charge in [-0.05, 0) is 51.1 Å². The Balaban J connectivity index is 1.58. The smallest absolute Gasteiger partial charge is 0.407 e. The van der Waals surface area contributed by atoms with Gasteiger partial charge in [0, 0.05) is 18.1 Å². The Labute approximate surface area is 193 Å². The zero-order valence-corrected chi connectivity index (χ0v) is 18.7. The van der Waals surface area contributed by atoms with Gasteiger partial charge in [0.25, 0.3) is 0 Å². The molecule has 0 aliphatic rings. The summed E-state index contributed by atoms with van der Waals surface area (Å²) in [5.74, 6) is 1.10. The van der Waals surface area contributed by atoms with Crippen LogP contribution in [0.1, 0.15) is 26.7 Å². The molecule has 1 amide bonds. The summed E-state index contributed by atoms with van der Waals surface area (Å²) in [6, 6.07) is 8.75. The molecule has 0 aliphatic heterocycles. The number of aliphatic hydroxyl groups excluding tert-OH is 1. The van der Waals surface area contributed by atoms with E-state index < -0.39 is 24.3 Å². The molecule has 0 radical (unpaired) electrons. The molecule has 1 atom stereocenters. The van der Waals surface area contributed by atoms with Crippen LogP contribution in [0.15, 0.2) is 47.1 Å². The molecule has 182 valence electrons. The fourth-order valence-corrected chi connectivity index (χ4v) is 2.69. The number of alkyl carbamates (subject to hydrolysis) is 1. The van der Waals surface area contributed by atoms with E-state index >= 15 is 0 Å². The summed E-state index contributed by atoms with van der Waals surface area (Å²) in [7, 11) is 0. The van der Waals surface area contributed by atoms with Gasteiger partial charge in [0.2, 0.25) is 17.6 Å². The monoisotopic (exact) mass is 478 g/mol. The quantitative estimate of drug-likeness (QED) is 0.470. The zero-order valence-electron chi connectivity index (χ0n) is 18.7. The molecule has 2 N–H and O–H groups in total. The van der Waals surface area contributed by atoms with Gasteiger partial charge in [-0.3, -0.25) is 0 Å². The van der Waals surface area contributed by atoms with Gasteiger partial charge in [-0.2, -0.15) is 13.8 Å². The number of aliphatic hydroxyl groups is 1. The van der Waals surface area contributed by atoms with Crippen molar-refractivity contribution in [2.75, 3.05) is 6.61 Å². The van der Waals surface area contributed by atoms with E-state index in [2.05, 4.69) is 25.2 Å². The minimum absolute atomic E-state index is 0.0738. The van der Waals surface area contributed by atoms with Gasteiger partial charge in [-0.1, -0.05) is 5.16 Å². The molecule has 34 heavy (non-hydrogen) atoms. The largest absolute Gasteiger partial charge is 0.444 e. The van der Waals surface area contributed by atoms with Crippen LogP contribution in [-0.2, 0) is 11.2 Å². The van der Waals surface area contributed by atoms with Gasteiger partial charge in [0.1, 0.15) is 17.1 Å². The fourth-order valence-electron chi connectivity index (χ4n) is 2.69. The molecule has 1 aromatic carbocycles. The first-order valence-corrected chi connectivity index (χ1v) is 10.2. The Morgan fingerprint density at radius 2 is 1.85 bits per heavy atom. The van der Waals surface area contributed by atoms with Crippen molar-refractivity contribution >= 4 is 6.09 Å². The number of aromatic nitrogens is 3. The second-order valence-corrected chi connectivity index (χ2v) is 8.08. The minimum atomic E-state index is -2.93. The fraction of sp³-hybridized carbons (Fsp3) is 0.364. The van der Waals surface area contributed by atoms with Crippen molar-refractivity contribution in [3.63, 3.8) is 0 Å². The number of halogens is 2. The third-order valence-corrected chi connectivity index (χ3v) is 4.10. The van der Waals surface area contributed by atoms with E-state index in [1.165, 1.54) is 12.1 Å². The highest BCUT2D eigenvalue weighted by molar-refractivity contribution is 5.68. The molecular weight excluding hydrogens is 454 g/mol. The number of hydrogen-bond acceptors (Lipinski definition) is 9. The highest BCUT2D eigenvalue weighted by Gasteiger charge is 2.21. The molecule has 2 aromatic heterocycles. The van der Waals surface area contributed by atoms with Gasteiger partial charge >= 0.3 is 12.7 Å². The number of benzene rings is 1. The van der Waals surface area contributed by atoms with Crippen molar-refractivity contribution < 1.29 is 37.4 Å². The first-order valence-electron chi connectivity index (χ1n) is 10.2. The summed E-state index contributed by atoms with van der Waals surface area (Å²) < 4.78 is 44.6. The molecule has 0 bridgehead atoms. The van der Waals surface area contributed by atoms with Crippen LogP contribution < -0.4 is 14.8 Å². The lowest BCUT2D eigenvalue weighted by molar-refractivity contribution is -0.0501. The van der Waals surface area contributed by atoms with E-state index in [9.17, 15) is 18.7 Å². The predicted octanol–water partition coefficient (Wildman–Crippen LogP) is 3.95. The van der Waals surface area contributed by atoms with Gasteiger partial charge < -0.3 is 29.2 Å². The topological polar surface area (TPSA) is 129 Å². The molecule has 3 rings (SSSR count). The maximum Gasteiger partial charge on any atom is 0.407 e. The standard InChI is InChI=1S/C22H24F2N4O6/c1-22(2,3)33-21(30)26-14(12-29)10-18-27-19(28-34-18)13-4-6-15(7-5-13)31-17-9-8-16(11-25-17)32-20(23)24/h4-9,11,14,20,29H,10,12H2,1-3H3,(H,26,30)/t14-/m0/s1. The van der Waals surface area contributed by atoms with Crippen molar-refractivity contribution in [3.8, 4) is 28.8 Å². The summed E-state index contributed by atoms with van der Waals surface area (Å²) in [6.07, 6.45) is 0.585. The summed E-state index contributed by atoms with van der Waals surface area (Å²) in [5.41, 5.74) is -0.0310. The Morgan fingerprint density at radius 1 is 1.15 bits per heavy atom. The maximum absolute atomic E-state index is 12.2. The van der Waals surface area contributed by atoms with Crippen LogP contribution in [0.5, 0.6) is 17.4 Å². The van der Waals surface area contributed by atoms with Gasteiger partial charge in [0.15, 0.2) is 0 Å². The third-order valence-electron chi connectivity index (χ3n) is 4.10. The number of alkyl halides is 2. The molecule has 0 aliphatic carbocycles.